The van der Waals surface area contributed by atoms with Gasteiger partial charge in [0, 0.05) is 6.04 Å². The molecular weight excluding hydrogens is 390 g/mol. The van der Waals surface area contributed by atoms with E-state index in [2.05, 4.69) is 15.5 Å². The molecule has 0 aliphatic carbocycles. The van der Waals surface area contributed by atoms with Crippen LogP contribution in [0.4, 0.5) is 0 Å². The van der Waals surface area contributed by atoms with Crippen LogP contribution >= 0.6 is 11.8 Å². The second-order valence-corrected chi connectivity index (χ2v) is 9.96. The number of benzene rings is 1. The summed E-state index contributed by atoms with van der Waals surface area (Å²) in [5.41, 5.74) is 1.09. The van der Waals surface area contributed by atoms with E-state index >= 15 is 0 Å². The van der Waals surface area contributed by atoms with Gasteiger partial charge in [0.2, 0.25) is 5.91 Å². The fourth-order valence-corrected chi connectivity index (χ4v) is 5.01. The summed E-state index contributed by atoms with van der Waals surface area (Å²) in [7, 11) is -3.03. The van der Waals surface area contributed by atoms with Crippen LogP contribution in [0, 0.1) is 6.92 Å². The van der Waals surface area contributed by atoms with Crippen molar-refractivity contribution in [1.29, 1.82) is 0 Å². The maximum absolute atomic E-state index is 12.2. The summed E-state index contributed by atoms with van der Waals surface area (Å²) in [6, 6.07) is 7.29. The number of aryl methyl sites for hydroxylation is 1. The average Bonchev–Trinajstić information content (AvgIpc) is 3.19. The fourth-order valence-electron chi connectivity index (χ4n) is 2.63. The topological polar surface area (TPSA) is 111 Å². The molecule has 10 heteroatoms. The molecular formula is C17H21N3O5S2. The fraction of sp³-hybridized carbons (Fsp3) is 0.471. The summed E-state index contributed by atoms with van der Waals surface area (Å²) in [4.78, 5) is 12.2. The van der Waals surface area contributed by atoms with Gasteiger partial charge in [0.15, 0.2) is 16.4 Å². The number of hydrogen-bond acceptors (Lipinski definition) is 8. The first-order chi connectivity index (χ1) is 12.8. The summed E-state index contributed by atoms with van der Waals surface area (Å²) < 4.78 is 34.0. The van der Waals surface area contributed by atoms with E-state index in [0.717, 1.165) is 17.3 Å². The molecule has 2 heterocycles. The lowest BCUT2D eigenvalue weighted by Crippen LogP contribution is -2.39. The largest absolute Gasteiger partial charge is 0.484 e. The summed E-state index contributed by atoms with van der Waals surface area (Å²) >= 11 is 1.12. The van der Waals surface area contributed by atoms with Crippen molar-refractivity contribution in [2.45, 2.75) is 43.4 Å². The van der Waals surface area contributed by atoms with Crippen molar-refractivity contribution in [3.63, 3.8) is 0 Å². The highest BCUT2D eigenvalue weighted by molar-refractivity contribution is 8.00. The molecule has 0 bridgehead atoms. The summed E-state index contributed by atoms with van der Waals surface area (Å²) in [5.74, 6) is 0.887. The Balaban J connectivity index is 1.48. The molecule has 3 rings (SSSR count). The van der Waals surface area contributed by atoms with Crippen molar-refractivity contribution in [1.82, 2.24) is 15.5 Å². The molecule has 8 nitrogen and oxygen atoms in total. The molecule has 0 spiro atoms. The normalized spacial score (nSPS) is 19.6. The molecule has 1 aromatic heterocycles. The van der Waals surface area contributed by atoms with Gasteiger partial charge < -0.3 is 14.5 Å². The highest BCUT2D eigenvalue weighted by Crippen LogP contribution is 2.23. The predicted molar refractivity (Wildman–Crippen MR) is 100 cm³/mol. The Morgan fingerprint density at radius 1 is 1.44 bits per heavy atom. The van der Waals surface area contributed by atoms with Crippen LogP contribution in [0.3, 0.4) is 0 Å². The highest BCUT2D eigenvalue weighted by atomic mass is 32.2. The Hall–Kier alpha value is -2.07. The number of sulfone groups is 1. The summed E-state index contributed by atoms with van der Waals surface area (Å²) in [6.07, 6.45) is 0.451. The van der Waals surface area contributed by atoms with Crippen molar-refractivity contribution in [3.05, 3.63) is 35.7 Å². The molecule has 1 N–H and O–H groups in total. The van der Waals surface area contributed by atoms with Gasteiger partial charge in [-0.05, 0) is 38.0 Å². The number of hydrogen-bond donors (Lipinski definition) is 1. The second kappa shape index (κ2) is 8.30. The minimum absolute atomic E-state index is 0.00285. The van der Waals surface area contributed by atoms with Gasteiger partial charge in [-0.2, -0.15) is 0 Å². The Bertz CT molecular complexity index is 913. The molecule has 0 radical (unpaired) electrons. The first-order valence-corrected chi connectivity index (χ1v) is 11.2. The van der Waals surface area contributed by atoms with Crippen LogP contribution in [0.1, 0.15) is 24.8 Å². The zero-order valence-corrected chi connectivity index (χ0v) is 16.7. The third kappa shape index (κ3) is 5.70. The standard InChI is InChI=1S/C17H21N3O5S2/c1-11-4-3-5-14(8-11)24-9-15-19-20-17(25-15)26-12(2)16(21)18-13-6-7-27(22,23)10-13/h3-5,8,12-13H,6-7,9-10H2,1-2H3,(H,18,21)/t12-,13-/m1/s1. The highest BCUT2D eigenvalue weighted by Gasteiger charge is 2.30. The first kappa shape index (κ1) is 19.7. The molecule has 0 unspecified atom stereocenters. The van der Waals surface area contributed by atoms with Gasteiger partial charge in [-0.15, -0.1) is 10.2 Å². The number of nitrogens with zero attached hydrogens (tertiary/aromatic N) is 2. The van der Waals surface area contributed by atoms with Gasteiger partial charge in [0.05, 0.1) is 16.8 Å². The van der Waals surface area contributed by atoms with Crippen LogP contribution in [0.25, 0.3) is 0 Å². The third-order valence-corrected chi connectivity index (χ3v) is 6.73. The Labute approximate surface area is 162 Å². The number of ether oxygens (including phenoxy) is 1. The molecule has 2 aromatic rings. The minimum Gasteiger partial charge on any atom is -0.484 e. The molecule has 1 fully saturated rings. The zero-order chi connectivity index (χ0) is 19.4. The van der Waals surface area contributed by atoms with Gasteiger partial charge in [-0.1, -0.05) is 23.9 Å². The summed E-state index contributed by atoms with van der Waals surface area (Å²) in [5, 5.41) is 10.4. The minimum atomic E-state index is -3.03. The number of amides is 1. The van der Waals surface area contributed by atoms with Crippen LogP contribution < -0.4 is 10.1 Å². The summed E-state index contributed by atoms with van der Waals surface area (Å²) in [6.45, 7) is 3.82. The van der Waals surface area contributed by atoms with Crippen molar-refractivity contribution in [2.75, 3.05) is 11.5 Å². The predicted octanol–water partition coefficient (Wildman–Crippen LogP) is 1.74. The SMILES string of the molecule is Cc1cccc(OCc2nnc(S[C@H](C)C(=O)N[C@@H]3CCS(=O)(=O)C3)o2)c1. The smallest absolute Gasteiger partial charge is 0.277 e. The van der Waals surface area contributed by atoms with Gasteiger partial charge in [-0.3, -0.25) is 4.79 Å². The van der Waals surface area contributed by atoms with Crippen LogP contribution in [-0.4, -0.2) is 47.3 Å². The molecule has 1 aliphatic heterocycles. The number of aromatic nitrogens is 2. The van der Waals surface area contributed by atoms with E-state index in [1.54, 1.807) is 6.92 Å². The third-order valence-electron chi connectivity index (χ3n) is 4.03. The molecule has 27 heavy (non-hydrogen) atoms. The average molecular weight is 412 g/mol. The first-order valence-electron chi connectivity index (χ1n) is 8.50. The van der Waals surface area contributed by atoms with Crippen molar-refractivity contribution >= 4 is 27.5 Å². The monoisotopic (exact) mass is 411 g/mol. The van der Waals surface area contributed by atoms with Gasteiger partial charge >= 0.3 is 0 Å². The molecule has 1 aromatic carbocycles. The van der Waals surface area contributed by atoms with Gasteiger partial charge in [-0.25, -0.2) is 8.42 Å². The van der Waals surface area contributed by atoms with E-state index in [1.807, 2.05) is 31.2 Å². The maximum atomic E-state index is 12.2. The molecule has 0 saturated carbocycles. The quantitative estimate of drug-likeness (QED) is 0.686. The van der Waals surface area contributed by atoms with Crippen LogP contribution in [0.5, 0.6) is 5.75 Å². The van der Waals surface area contributed by atoms with Crippen LogP contribution in [0.15, 0.2) is 33.9 Å². The number of nitrogens with one attached hydrogen (secondary N) is 1. The molecule has 146 valence electrons. The van der Waals surface area contributed by atoms with E-state index < -0.39 is 15.1 Å². The van der Waals surface area contributed by atoms with Crippen molar-refractivity contribution in [3.8, 4) is 5.75 Å². The van der Waals surface area contributed by atoms with E-state index in [4.69, 9.17) is 9.15 Å². The Kier molecular flexibility index (Phi) is 6.05. The van der Waals surface area contributed by atoms with E-state index in [0.29, 0.717) is 18.1 Å². The van der Waals surface area contributed by atoms with Gasteiger partial charge in [0.25, 0.3) is 11.1 Å². The number of carbonyl (C=O) groups is 1. The molecule has 1 aliphatic rings. The molecule has 2 atom stereocenters. The molecule has 1 amide bonds. The van der Waals surface area contributed by atoms with Crippen molar-refractivity contribution in [2.24, 2.45) is 0 Å². The lowest BCUT2D eigenvalue weighted by Gasteiger charge is -2.14. The van der Waals surface area contributed by atoms with Crippen LogP contribution in [-0.2, 0) is 21.2 Å². The Morgan fingerprint density at radius 2 is 2.26 bits per heavy atom. The Morgan fingerprint density at radius 3 is 2.96 bits per heavy atom. The lowest BCUT2D eigenvalue weighted by molar-refractivity contribution is -0.120. The van der Waals surface area contributed by atoms with Crippen LogP contribution in [0.2, 0.25) is 0 Å². The zero-order valence-electron chi connectivity index (χ0n) is 15.0. The van der Waals surface area contributed by atoms with E-state index in [1.165, 1.54) is 0 Å². The molecule has 1 saturated heterocycles. The lowest BCUT2D eigenvalue weighted by atomic mass is 10.2. The number of carbonyl (C=O) groups excluding carboxylic acids is 1. The van der Waals surface area contributed by atoms with Gasteiger partial charge in [0.1, 0.15) is 5.75 Å². The van der Waals surface area contributed by atoms with E-state index in [9.17, 15) is 13.2 Å². The van der Waals surface area contributed by atoms with Crippen molar-refractivity contribution < 1.29 is 22.4 Å². The number of thioether (sulfide) groups is 1. The maximum Gasteiger partial charge on any atom is 0.277 e. The van der Waals surface area contributed by atoms with E-state index in [-0.39, 0.29) is 35.3 Å². The second-order valence-electron chi connectivity index (χ2n) is 6.44. The number of rotatable bonds is 7.